The van der Waals surface area contributed by atoms with E-state index in [9.17, 15) is 9.59 Å². The molecule has 2 aromatic carbocycles. The van der Waals surface area contributed by atoms with Gasteiger partial charge in [0.2, 0.25) is 5.91 Å². The molecule has 5 heteroatoms. The summed E-state index contributed by atoms with van der Waals surface area (Å²) in [6.45, 7) is 7.59. The second kappa shape index (κ2) is 8.33. The van der Waals surface area contributed by atoms with Crippen LogP contribution in [0.3, 0.4) is 0 Å². The van der Waals surface area contributed by atoms with Gasteiger partial charge in [-0.25, -0.2) is 0 Å². The number of amides is 2. The van der Waals surface area contributed by atoms with Crippen molar-refractivity contribution in [1.82, 2.24) is 0 Å². The summed E-state index contributed by atoms with van der Waals surface area (Å²) < 4.78 is 5.52. The fraction of sp³-hybridized carbons (Fsp3) is 0.300. The molecule has 2 N–H and O–H groups in total. The Morgan fingerprint density at radius 3 is 2.28 bits per heavy atom. The SMILES string of the molecule is Cc1ccc(OCC(=O)Nc2cccc(NC(=O)C(C)C)c2)cc1C. The van der Waals surface area contributed by atoms with Crippen molar-refractivity contribution >= 4 is 23.2 Å². The van der Waals surface area contributed by atoms with Crippen LogP contribution in [0.4, 0.5) is 11.4 Å². The molecule has 0 radical (unpaired) electrons. The van der Waals surface area contributed by atoms with Gasteiger partial charge in [0.15, 0.2) is 6.61 Å². The number of nitrogens with one attached hydrogen (secondary N) is 2. The normalized spacial score (nSPS) is 10.4. The minimum atomic E-state index is -0.259. The largest absolute Gasteiger partial charge is 0.484 e. The number of ether oxygens (including phenoxy) is 1. The molecule has 0 bridgehead atoms. The van der Waals surface area contributed by atoms with Gasteiger partial charge in [0.05, 0.1) is 0 Å². The predicted molar refractivity (Wildman–Crippen MR) is 100.0 cm³/mol. The number of carbonyl (C=O) groups excluding carboxylic acids is 2. The van der Waals surface area contributed by atoms with E-state index in [2.05, 4.69) is 10.6 Å². The van der Waals surface area contributed by atoms with Crippen LogP contribution in [-0.4, -0.2) is 18.4 Å². The van der Waals surface area contributed by atoms with Gasteiger partial charge < -0.3 is 15.4 Å². The van der Waals surface area contributed by atoms with E-state index in [1.165, 1.54) is 5.56 Å². The Kier molecular flexibility index (Phi) is 6.17. The van der Waals surface area contributed by atoms with Gasteiger partial charge in [-0.15, -0.1) is 0 Å². The van der Waals surface area contributed by atoms with Crippen molar-refractivity contribution in [2.45, 2.75) is 27.7 Å². The van der Waals surface area contributed by atoms with Gasteiger partial charge in [0.1, 0.15) is 5.75 Å². The van der Waals surface area contributed by atoms with Crippen LogP contribution in [0.2, 0.25) is 0 Å². The number of anilines is 2. The zero-order valence-electron chi connectivity index (χ0n) is 15.1. The van der Waals surface area contributed by atoms with Crippen molar-refractivity contribution in [3.63, 3.8) is 0 Å². The smallest absolute Gasteiger partial charge is 0.262 e. The van der Waals surface area contributed by atoms with E-state index in [1.54, 1.807) is 24.3 Å². The number of carbonyl (C=O) groups is 2. The summed E-state index contributed by atoms with van der Waals surface area (Å²) in [5.74, 6) is 0.230. The van der Waals surface area contributed by atoms with Gasteiger partial charge in [-0.2, -0.15) is 0 Å². The minimum Gasteiger partial charge on any atom is -0.484 e. The summed E-state index contributed by atoms with van der Waals surface area (Å²) in [6, 6.07) is 12.7. The second-order valence-corrected chi connectivity index (χ2v) is 6.31. The summed E-state index contributed by atoms with van der Waals surface area (Å²) in [7, 11) is 0. The lowest BCUT2D eigenvalue weighted by Crippen LogP contribution is -2.21. The highest BCUT2D eigenvalue weighted by atomic mass is 16.5. The fourth-order valence-electron chi connectivity index (χ4n) is 2.11. The molecule has 0 aliphatic heterocycles. The van der Waals surface area contributed by atoms with E-state index < -0.39 is 0 Å². The maximum atomic E-state index is 12.1. The Hall–Kier alpha value is -2.82. The van der Waals surface area contributed by atoms with E-state index in [0.29, 0.717) is 17.1 Å². The summed E-state index contributed by atoms with van der Waals surface area (Å²) in [6.07, 6.45) is 0. The Bertz CT molecular complexity index is 769. The molecule has 132 valence electrons. The van der Waals surface area contributed by atoms with Crippen molar-refractivity contribution in [3.05, 3.63) is 53.6 Å². The highest BCUT2D eigenvalue weighted by Gasteiger charge is 2.09. The van der Waals surface area contributed by atoms with Crippen LogP contribution in [0.5, 0.6) is 5.75 Å². The minimum absolute atomic E-state index is 0.0680. The lowest BCUT2D eigenvalue weighted by molar-refractivity contribution is -0.119. The van der Waals surface area contributed by atoms with Crippen molar-refractivity contribution < 1.29 is 14.3 Å². The highest BCUT2D eigenvalue weighted by Crippen LogP contribution is 2.18. The van der Waals surface area contributed by atoms with E-state index in [4.69, 9.17) is 4.74 Å². The molecule has 0 fully saturated rings. The van der Waals surface area contributed by atoms with Gasteiger partial charge >= 0.3 is 0 Å². The molecular formula is C20H24N2O3. The number of rotatable bonds is 6. The fourth-order valence-corrected chi connectivity index (χ4v) is 2.11. The third-order valence-corrected chi connectivity index (χ3v) is 3.79. The topological polar surface area (TPSA) is 67.4 Å². The first-order valence-electron chi connectivity index (χ1n) is 8.26. The summed E-state index contributed by atoms with van der Waals surface area (Å²) in [5.41, 5.74) is 3.55. The lowest BCUT2D eigenvalue weighted by atomic mass is 10.1. The number of hydrogen-bond donors (Lipinski definition) is 2. The van der Waals surface area contributed by atoms with Gasteiger partial charge in [0, 0.05) is 17.3 Å². The van der Waals surface area contributed by atoms with Crippen LogP contribution >= 0.6 is 0 Å². The molecule has 2 amide bonds. The molecule has 0 heterocycles. The molecule has 2 aromatic rings. The standard InChI is InChI=1S/C20H24N2O3/c1-13(2)20(24)22-17-7-5-6-16(11-17)21-19(23)12-25-18-9-8-14(3)15(4)10-18/h5-11,13H,12H2,1-4H3,(H,21,23)(H,22,24). The molecule has 2 rings (SSSR count). The van der Waals surface area contributed by atoms with Crippen LogP contribution in [-0.2, 0) is 9.59 Å². The Labute approximate surface area is 148 Å². The molecular weight excluding hydrogens is 316 g/mol. The lowest BCUT2D eigenvalue weighted by Gasteiger charge is -2.11. The molecule has 0 aliphatic rings. The van der Waals surface area contributed by atoms with Crippen LogP contribution in [0.15, 0.2) is 42.5 Å². The predicted octanol–water partition coefficient (Wildman–Crippen LogP) is 3.92. The average Bonchev–Trinajstić information content (AvgIpc) is 2.56. The quantitative estimate of drug-likeness (QED) is 0.837. The molecule has 0 saturated heterocycles. The maximum absolute atomic E-state index is 12.1. The second-order valence-electron chi connectivity index (χ2n) is 6.31. The maximum Gasteiger partial charge on any atom is 0.262 e. The van der Waals surface area contributed by atoms with E-state index in [-0.39, 0.29) is 24.3 Å². The van der Waals surface area contributed by atoms with Gasteiger partial charge in [-0.05, 0) is 55.3 Å². The van der Waals surface area contributed by atoms with Gasteiger partial charge in [0.25, 0.3) is 5.91 Å². The average molecular weight is 340 g/mol. The molecule has 0 saturated carbocycles. The number of aryl methyl sites for hydroxylation is 2. The molecule has 0 spiro atoms. The molecule has 0 aromatic heterocycles. The molecule has 0 unspecified atom stereocenters. The zero-order chi connectivity index (χ0) is 18.4. The summed E-state index contributed by atoms with van der Waals surface area (Å²) in [4.78, 5) is 23.8. The third kappa shape index (κ3) is 5.64. The number of benzene rings is 2. The molecule has 0 aliphatic carbocycles. The van der Waals surface area contributed by atoms with Crippen LogP contribution < -0.4 is 15.4 Å². The molecule has 5 nitrogen and oxygen atoms in total. The Morgan fingerprint density at radius 2 is 1.64 bits per heavy atom. The Morgan fingerprint density at radius 1 is 0.960 bits per heavy atom. The van der Waals surface area contributed by atoms with Crippen molar-refractivity contribution in [2.24, 2.45) is 5.92 Å². The monoisotopic (exact) mass is 340 g/mol. The van der Waals surface area contributed by atoms with Crippen molar-refractivity contribution in [2.75, 3.05) is 17.2 Å². The first-order chi connectivity index (χ1) is 11.8. The highest BCUT2D eigenvalue weighted by molar-refractivity contribution is 5.95. The third-order valence-electron chi connectivity index (χ3n) is 3.79. The van der Waals surface area contributed by atoms with Crippen LogP contribution in [0.1, 0.15) is 25.0 Å². The van der Waals surface area contributed by atoms with E-state index >= 15 is 0 Å². The van der Waals surface area contributed by atoms with Gasteiger partial charge in [-0.3, -0.25) is 9.59 Å². The summed E-state index contributed by atoms with van der Waals surface area (Å²) >= 11 is 0. The van der Waals surface area contributed by atoms with Crippen molar-refractivity contribution in [3.8, 4) is 5.75 Å². The Balaban J connectivity index is 1.91. The van der Waals surface area contributed by atoms with Crippen LogP contribution in [0.25, 0.3) is 0 Å². The first-order valence-corrected chi connectivity index (χ1v) is 8.26. The van der Waals surface area contributed by atoms with E-state index in [1.807, 2.05) is 45.9 Å². The van der Waals surface area contributed by atoms with Crippen molar-refractivity contribution in [1.29, 1.82) is 0 Å². The van der Waals surface area contributed by atoms with E-state index in [0.717, 1.165) is 5.56 Å². The first kappa shape index (κ1) is 18.5. The van der Waals surface area contributed by atoms with Gasteiger partial charge in [-0.1, -0.05) is 26.0 Å². The molecule has 25 heavy (non-hydrogen) atoms. The molecule has 0 atom stereocenters. The summed E-state index contributed by atoms with van der Waals surface area (Å²) in [5, 5.41) is 5.57. The number of hydrogen-bond acceptors (Lipinski definition) is 3. The van der Waals surface area contributed by atoms with Crippen LogP contribution in [0, 0.1) is 19.8 Å². The zero-order valence-corrected chi connectivity index (χ0v) is 15.1.